The van der Waals surface area contributed by atoms with E-state index in [1.165, 1.54) is 0 Å². The maximum atomic E-state index is 11.6. The summed E-state index contributed by atoms with van der Waals surface area (Å²) in [5, 5.41) is 9.50. The van der Waals surface area contributed by atoms with Gasteiger partial charge in [0.15, 0.2) is 0 Å². The van der Waals surface area contributed by atoms with Gasteiger partial charge in [-0.25, -0.2) is 0 Å². The fraction of sp³-hybridized carbons (Fsp3) is 0.833. The molecular weight excluding hydrogens is 351 g/mol. The van der Waals surface area contributed by atoms with Crippen molar-refractivity contribution in [3.8, 4) is 0 Å². The van der Waals surface area contributed by atoms with Crippen molar-refractivity contribution in [2.45, 2.75) is 39.7 Å². The quantitative estimate of drug-likeness (QED) is 0.399. The molecule has 1 unspecified atom stereocenters. The summed E-state index contributed by atoms with van der Waals surface area (Å²) in [4.78, 5) is 22.6. The third kappa shape index (κ3) is 7.15. The third-order valence-electron chi connectivity index (χ3n) is 2.58. The molecule has 0 heterocycles. The first kappa shape index (κ1) is 17.6. The molecule has 0 rings (SSSR count). The van der Waals surface area contributed by atoms with Gasteiger partial charge >= 0.3 is 11.9 Å². The van der Waals surface area contributed by atoms with Crippen LogP contribution in [0.5, 0.6) is 0 Å². The van der Waals surface area contributed by atoms with Crippen LogP contribution < -0.4 is 0 Å². The van der Waals surface area contributed by atoms with Crippen molar-refractivity contribution in [2.24, 2.45) is 5.41 Å². The van der Waals surface area contributed by atoms with Crippen LogP contribution in [0, 0.1) is 5.41 Å². The molecule has 0 fully saturated rings. The topological polar surface area (TPSA) is 72.8 Å². The number of rotatable bonds is 8. The summed E-state index contributed by atoms with van der Waals surface area (Å²) in [6.45, 7) is 5.16. The highest BCUT2D eigenvalue weighted by molar-refractivity contribution is 14.1. The molecule has 0 aromatic rings. The van der Waals surface area contributed by atoms with E-state index >= 15 is 0 Å². The molecule has 5 nitrogen and oxygen atoms in total. The van der Waals surface area contributed by atoms with Gasteiger partial charge in [0.2, 0.25) is 0 Å². The van der Waals surface area contributed by atoms with Crippen LogP contribution in [0.3, 0.4) is 0 Å². The van der Waals surface area contributed by atoms with Gasteiger partial charge in [-0.15, -0.1) is 0 Å². The van der Waals surface area contributed by atoms with E-state index in [2.05, 4.69) is 22.6 Å². The fourth-order valence-electron chi connectivity index (χ4n) is 0.898. The Labute approximate surface area is 121 Å². The number of carbonyl (C=O) groups excluding carboxylic acids is 2. The van der Waals surface area contributed by atoms with Gasteiger partial charge in [-0.05, 0) is 20.3 Å². The molecule has 0 aliphatic heterocycles. The van der Waals surface area contributed by atoms with Gasteiger partial charge < -0.3 is 14.6 Å². The fourth-order valence-corrected chi connectivity index (χ4v) is 1.34. The minimum Gasteiger partial charge on any atom is -0.463 e. The molecule has 0 spiro atoms. The highest BCUT2D eigenvalue weighted by Gasteiger charge is 2.27. The van der Waals surface area contributed by atoms with E-state index in [1.807, 2.05) is 6.92 Å². The summed E-state index contributed by atoms with van der Waals surface area (Å²) in [5.41, 5.74) is -0.558. The number of esters is 2. The monoisotopic (exact) mass is 372 g/mol. The smallest absolute Gasteiger partial charge is 0.311 e. The van der Waals surface area contributed by atoms with Crippen molar-refractivity contribution in [1.29, 1.82) is 0 Å². The van der Waals surface area contributed by atoms with E-state index in [1.54, 1.807) is 13.8 Å². The molecule has 6 heteroatoms. The number of aliphatic hydroxyl groups excluding tert-OH is 1. The molecule has 0 saturated carbocycles. The van der Waals surface area contributed by atoms with E-state index in [9.17, 15) is 14.7 Å². The second-order valence-electron chi connectivity index (χ2n) is 4.61. The van der Waals surface area contributed by atoms with E-state index in [-0.39, 0.29) is 25.2 Å². The van der Waals surface area contributed by atoms with Gasteiger partial charge in [0.05, 0.1) is 11.8 Å². The zero-order valence-corrected chi connectivity index (χ0v) is 13.2. The lowest BCUT2D eigenvalue weighted by atomic mass is 9.91. The van der Waals surface area contributed by atoms with Crippen LogP contribution in [-0.4, -0.2) is 40.8 Å². The highest BCUT2D eigenvalue weighted by Crippen LogP contribution is 2.21. The molecule has 0 aromatic carbocycles. The molecule has 0 radical (unpaired) electrons. The van der Waals surface area contributed by atoms with E-state index in [4.69, 9.17) is 9.47 Å². The summed E-state index contributed by atoms with van der Waals surface area (Å²) in [5.74, 6) is -0.716. The van der Waals surface area contributed by atoms with Crippen LogP contribution in [0.4, 0.5) is 0 Å². The number of halogens is 1. The average Bonchev–Trinajstić information content (AvgIpc) is 2.33. The van der Waals surface area contributed by atoms with Gasteiger partial charge in [0.1, 0.15) is 19.3 Å². The molecule has 1 N–H and O–H groups in total. The van der Waals surface area contributed by atoms with Crippen LogP contribution in [0.1, 0.15) is 33.6 Å². The van der Waals surface area contributed by atoms with Crippen LogP contribution >= 0.6 is 22.6 Å². The number of alkyl halides is 1. The summed E-state index contributed by atoms with van der Waals surface area (Å²) in [6, 6.07) is 0. The molecular formula is C12H21IO5. The first-order chi connectivity index (χ1) is 8.33. The lowest BCUT2D eigenvalue weighted by molar-refractivity contribution is -0.159. The third-order valence-corrected chi connectivity index (χ3v) is 3.12. The first-order valence-electron chi connectivity index (χ1n) is 5.90. The largest absolute Gasteiger partial charge is 0.463 e. The van der Waals surface area contributed by atoms with Crippen molar-refractivity contribution in [1.82, 2.24) is 0 Å². The maximum Gasteiger partial charge on any atom is 0.311 e. The molecule has 0 aliphatic rings. The van der Waals surface area contributed by atoms with Crippen LogP contribution in [0.2, 0.25) is 0 Å². The Bertz CT molecular complexity index is 278. The second-order valence-corrected chi connectivity index (χ2v) is 5.69. The Kier molecular flexibility index (Phi) is 8.51. The summed E-state index contributed by atoms with van der Waals surface area (Å²) >= 11 is 2.07. The molecule has 0 aromatic heterocycles. The Balaban J connectivity index is 3.87. The predicted molar refractivity (Wildman–Crippen MR) is 75.5 cm³/mol. The standard InChI is InChI=1S/C12H21IO5/c1-4-12(2,3)11(16)18-8-9(14)7-17-10(15)5-6-13/h9,14H,4-8H2,1-3H3. The molecule has 0 aliphatic carbocycles. The maximum absolute atomic E-state index is 11.6. The number of aliphatic hydroxyl groups is 1. The van der Waals surface area contributed by atoms with Gasteiger partial charge in [-0.2, -0.15) is 0 Å². The number of ether oxygens (including phenoxy) is 2. The molecule has 0 saturated heterocycles. The zero-order chi connectivity index (χ0) is 14.2. The minimum absolute atomic E-state index is 0.144. The van der Waals surface area contributed by atoms with E-state index < -0.39 is 11.5 Å². The summed E-state index contributed by atoms with van der Waals surface area (Å²) < 4.78 is 10.4. The molecule has 18 heavy (non-hydrogen) atoms. The lowest BCUT2D eigenvalue weighted by Gasteiger charge is -2.21. The Morgan fingerprint density at radius 2 is 1.83 bits per heavy atom. The average molecular weight is 372 g/mol. The molecule has 0 bridgehead atoms. The van der Waals surface area contributed by atoms with E-state index in [0.717, 1.165) is 0 Å². The normalized spacial score (nSPS) is 12.9. The van der Waals surface area contributed by atoms with Gasteiger partial charge in [-0.3, -0.25) is 9.59 Å². The zero-order valence-electron chi connectivity index (χ0n) is 11.1. The Morgan fingerprint density at radius 1 is 1.28 bits per heavy atom. The van der Waals surface area contributed by atoms with Gasteiger partial charge in [0, 0.05) is 4.43 Å². The van der Waals surface area contributed by atoms with Crippen LogP contribution in [0.25, 0.3) is 0 Å². The number of hydrogen-bond donors (Lipinski definition) is 1. The SMILES string of the molecule is CCC(C)(C)C(=O)OCC(O)COC(=O)CCI. The first-order valence-corrected chi connectivity index (χ1v) is 7.43. The van der Waals surface area contributed by atoms with E-state index in [0.29, 0.717) is 17.3 Å². The van der Waals surface area contributed by atoms with Gasteiger partial charge in [-0.1, -0.05) is 29.5 Å². The summed E-state index contributed by atoms with van der Waals surface area (Å²) in [6.07, 6.45) is 0.00227. The second kappa shape index (κ2) is 8.68. The summed E-state index contributed by atoms with van der Waals surface area (Å²) in [7, 11) is 0. The molecule has 0 amide bonds. The highest BCUT2D eigenvalue weighted by atomic mass is 127. The molecule has 106 valence electrons. The van der Waals surface area contributed by atoms with Crippen LogP contribution in [0.15, 0.2) is 0 Å². The Morgan fingerprint density at radius 3 is 2.33 bits per heavy atom. The van der Waals surface area contributed by atoms with Crippen molar-refractivity contribution in [3.05, 3.63) is 0 Å². The minimum atomic E-state index is -0.972. The van der Waals surface area contributed by atoms with Crippen molar-refractivity contribution in [2.75, 3.05) is 17.6 Å². The van der Waals surface area contributed by atoms with Crippen molar-refractivity contribution >= 4 is 34.5 Å². The van der Waals surface area contributed by atoms with Crippen molar-refractivity contribution in [3.63, 3.8) is 0 Å². The van der Waals surface area contributed by atoms with Gasteiger partial charge in [0.25, 0.3) is 0 Å². The number of hydrogen-bond acceptors (Lipinski definition) is 5. The Hall–Kier alpha value is -0.370. The van der Waals surface area contributed by atoms with Crippen molar-refractivity contribution < 1.29 is 24.2 Å². The molecule has 1 atom stereocenters. The number of carbonyl (C=O) groups is 2. The van der Waals surface area contributed by atoms with Crippen LogP contribution in [-0.2, 0) is 19.1 Å². The predicted octanol–water partition coefficient (Wildman–Crippen LogP) is 1.70. The lowest BCUT2D eigenvalue weighted by Crippen LogP contribution is -2.31.